The van der Waals surface area contributed by atoms with Gasteiger partial charge in [0.25, 0.3) is 11.8 Å². The SMILES string of the molecule is CCCN(CCC)C(=O)c1cc(I)cc(C(=O)NC(Cc2cc(F)cc(F)c2)C(O)CCNC(=O)CCC2CCN(C(=O)CCCN(C)C)CC2)c1. The molecular weight excluding hydrogens is 783 g/mol. The fraction of sp³-hybridized carbons (Fsp3) is 0.590. The van der Waals surface area contributed by atoms with E-state index >= 15 is 0 Å². The van der Waals surface area contributed by atoms with Crippen molar-refractivity contribution < 1.29 is 33.1 Å². The second-order valence-corrected chi connectivity index (χ2v) is 15.3. The average Bonchev–Trinajstić information content (AvgIpc) is 3.09. The molecule has 0 spiro atoms. The van der Waals surface area contributed by atoms with Gasteiger partial charge in [0.15, 0.2) is 0 Å². The maximum atomic E-state index is 14.1. The van der Waals surface area contributed by atoms with Gasteiger partial charge in [-0.1, -0.05) is 13.8 Å². The minimum atomic E-state index is -1.16. The third-order valence-electron chi connectivity index (χ3n) is 9.35. The predicted octanol–water partition coefficient (Wildman–Crippen LogP) is 5.40. The molecule has 1 heterocycles. The molecule has 4 amide bonds. The van der Waals surface area contributed by atoms with E-state index in [4.69, 9.17) is 0 Å². The van der Waals surface area contributed by atoms with Crippen molar-refractivity contribution in [2.45, 2.75) is 90.2 Å². The fourth-order valence-electron chi connectivity index (χ4n) is 6.56. The molecule has 0 aromatic heterocycles. The first-order valence-corrected chi connectivity index (χ1v) is 19.6. The first kappa shape index (κ1) is 43.2. The summed E-state index contributed by atoms with van der Waals surface area (Å²) < 4.78 is 28.8. The van der Waals surface area contributed by atoms with E-state index in [1.165, 1.54) is 6.07 Å². The van der Waals surface area contributed by atoms with Gasteiger partial charge < -0.3 is 30.4 Å². The molecule has 0 radical (unpaired) electrons. The molecule has 288 valence electrons. The van der Waals surface area contributed by atoms with Gasteiger partial charge in [-0.15, -0.1) is 0 Å². The Hall–Kier alpha value is -3.17. The van der Waals surface area contributed by atoms with Crippen LogP contribution in [0.4, 0.5) is 8.78 Å². The van der Waals surface area contributed by atoms with Crippen molar-refractivity contribution in [1.29, 1.82) is 0 Å². The predicted molar refractivity (Wildman–Crippen MR) is 207 cm³/mol. The zero-order chi connectivity index (χ0) is 38.2. The third kappa shape index (κ3) is 14.7. The van der Waals surface area contributed by atoms with Crippen molar-refractivity contribution in [2.24, 2.45) is 5.92 Å². The van der Waals surface area contributed by atoms with Crippen LogP contribution in [-0.4, -0.2) is 109 Å². The average molecular weight is 840 g/mol. The number of carbonyl (C=O) groups excluding carboxylic acids is 4. The Morgan fingerprint density at radius 3 is 2.17 bits per heavy atom. The Kier molecular flexibility index (Phi) is 18.4. The Balaban J connectivity index is 1.58. The molecule has 3 N–H and O–H groups in total. The lowest BCUT2D eigenvalue weighted by Gasteiger charge is -2.32. The highest BCUT2D eigenvalue weighted by Crippen LogP contribution is 2.23. The summed E-state index contributed by atoms with van der Waals surface area (Å²) in [4.78, 5) is 57.9. The van der Waals surface area contributed by atoms with Gasteiger partial charge in [-0.05, 0) is 136 Å². The van der Waals surface area contributed by atoms with Crippen LogP contribution in [0.3, 0.4) is 0 Å². The highest BCUT2D eigenvalue weighted by atomic mass is 127. The quantitative estimate of drug-likeness (QED) is 0.154. The number of amides is 4. The lowest BCUT2D eigenvalue weighted by molar-refractivity contribution is -0.133. The molecule has 2 atom stereocenters. The van der Waals surface area contributed by atoms with Crippen molar-refractivity contribution in [3.8, 4) is 0 Å². The molecule has 2 aromatic carbocycles. The highest BCUT2D eigenvalue weighted by molar-refractivity contribution is 14.1. The Morgan fingerprint density at radius 1 is 0.923 bits per heavy atom. The first-order valence-electron chi connectivity index (χ1n) is 18.5. The molecule has 0 aliphatic carbocycles. The first-order chi connectivity index (χ1) is 24.8. The molecule has 0 bridgehead atoms. The summed E-state index contributed by atoms with van der Waals surface area (Å²) in [7, 11) is 3.99. The van der Waals surface area contributed by atoms with Gasteiger partial charge in [0.05, 0.1) is 12.1 Å². The number of nitrogens with one attached hydrogen (secondary N) is 2. The van der Waals surface area contributed by atoms with Crippen LogP contribution in [0.1, 0.15) is 97.9 Å². The van der Waals surface area contributed by atoms with Gasteiger partial charge in [-0.3, -0.25) is 19.2 Å². The van der Waals surface area contributed by atoms with Gasteiger partial charge in [0.1, 0.15) is 11.6 Å². The zero-order valence-corrected chi connectivity index (χ0v) is 33.2. The molecule has 1 aliphatic rings. The molecule has 1 aliphatic heterocycles. The zero-order valence-electron chi connectivity index (χ0n) is 31.1. The summed E-state index contributed by atoms with van der Waals surface area (Å²) in [6.07, 6.45) is 4.58. The second kappa shape index (κ2) is 22.1. The van der Waals surface area contributed by atoms with Gasteiger partial charge in [0.2, 0.25) is 11.8 Å². The van der Waals surface area contributed by atoms with Crippen LogP contribution in [0, 0.1) is 21.1 Å². The number of rotatable bonds is 20. The summed E-state index contributed by atoms with van der Waals surface area (Å²) in [5, 5.41) is 16.9. The van der Waals surface area contributed by atoms with Gasteiger partial charge in [0, 0.05) is 66.3 Å². The van der Waals surface area contributed by atoms with E-state index in [2.05, 4.69) is 38.1 Å². The normalized spacial score (nSPS) is 14.6. The van der Waals surface area contributed by atoms with Crippen LogP contribution in [0.2, 0.25) is 0 Å². The number of carbonyl (C=O) groups is 4. The number of piperidine rings is 1. The summed E-state index contributed by atoms with van der Waals surface area (Å²) in [6, 6.07) is 7.00. The maximum Gasteiger partial charge on any atom is 0.253 e. The van der Waals surface area contributed by atoms with E-state index in [1.54, 1.807) is 17.0 Å². The van der Waals surface area contributed by atoms with E-state index in [9.17, 15) is 33.1 Å². The fourth-order valence-corrected chi connectivity index (χ4v) is 7.23. The van der Waals surface area contributed by atoms with Crippen molar-refractivity contribution in [2.75, 3.05) is 53.4 Å². The molecule has 1 saturated heterocycles. The van der Waals surface area contributed by atoms with E-state index in [1.807, 2.05) is 32.8 Å². The molecule has 52 heavy (non-hydrogen) atoms. The molecule has 13 heteroatoms. The molecule has 1 fully saturated rings. The van der Waals surface area contributed by atoms with Gasteiger partial charge in [-0.25, -0.2) is 8.78 Å². The minimum Gasteiger partial charge on any atom is -0.391 e. The number of aliphatic hydroxyl groups excluding tert-OH is 1. The maximum absolute atomic E-state index is 14.1. The minimum absolute atomic E-state index is 0.0666. The van der Waals surface area contributed by atoms with Crippen LogP contribution in [0.15, 0.2) is 36.4 Å². The van der Waals surface area contributed by atoms with Crippen LogP contribution in [0.25, 0.3) is 0 Å². The number of hydrogen-bond donors (Lipinski definition) is 3. The smallest absolute Gasteiger partial charge is 0.253 e. The largest absolute Gasteiger partial charge is 0.391 e. The van der Waals surface area contributed by atoms with Crippen molar-refractivity contribution >= 4 is 46.2 Å². The monoisotopic (exact) mass is 839 g/mol. The van der Waals surface area contributed by atoms with Gasteiger partial charge >= 0.3 is 0 Å². The number of hydrogen-bond acceptors (Lipinski definition) is 6. The second-order valence-electron chi connectivity index (χ2n) is 14.1. The summed E-state index contributed by atoms with van der Waals surface area (Å²) >= 11 is 2.05. The molecule has 3 rings (SSSR count). The van der Waals surface area contributed by atoms with Crippen molar-refractivity contribution in [3.05, 3.63) is 68.3 Å². The number of halogens is 3. The van der Waals surface area contributed by atoms with Crippen molar-refractivity contribution in [1.82, 2.24) is 25.3 Å². The van der Waals surface area contributed by atoms with Crippen LogP contribution in [0.5, 0.6) is 0 Å². The molecular formula is C39H56F2IN5O5. The summed E-state index contributed by atoms with van der Waals surface area (Å²) in [6.45, 7) is 7.60. The third-order valence-corrected chi connectivity index (χ3v) is 9.97. The van der Waals surface area contributed by atoms with Crippen LogP contribution < -0.4 is 10.6 Å². The summed E-state index contributed by atoms with van der Waals surface area (Å²) in [5.41, 5.74) is 0.847. The summed E-state index contributed by atoms with van der Waals surface area (Å²) in [5.74, 6) is -1.88. The Morgan fingerprint density at radius 2 is 1.56 bits per heavy atom. The lowest BCUT2D eigenvalue weighted by Crippen LogP contribution is -2.46. The highest BCUT2D eigenvalue weighted by Gasteiger charge is 2.26. The van der Waals surface area contributed by atoms with E-state index in [0.717, 1.165) is 56.8 Å². The van der Waals surface area contributed by atoms with E-state index in [0.29, 0.717) is 60.5 Å². The lowest BCUT2D eigenvalue weighted by atomic mass is 9.92. The molecule has 2 aromatic rings. The molecule has 2 unspecified atom stereocenters. The van der Waals surface area contributed by atoms with Crippen LogP contribution >= 0.6 is 22.6 Å². The topological polar surface area (TPSA) is 122 Å². The molecule has 10 nitrogen and oxygen atoms in total. The molecule has 0 saturated carbocycles. The standard InChI is InChI=1S/C39H56F2IN5O5/c1-5-15-47(16-6-2)39(52)30-23-29(24-33(42)25-30)38(51)44-34(22-28-20-31(40)26-32(41)21-28)35(48)11-14-43-36(49)10-9-27-12-18-46(19-13-27)37(50)8-7-17-45(3)4/h20-21,23-27,34-35,48H,5-19,22H2,1-4H3,(H,43,49)(H,44,51). The number of aliphatic hydroxyl groups is 1. The number of likely N-dealkylation sites (tertiary alicyclic amines) is 1. The van der Waals surface area contributed by atoms with Crippen molar-refractivity contribution in [3.63, 3.8) is 0 Å². The van der Waals surface area contributed by atoms with Gasteiger partial charge in [-0.2, -0.15) is 0 Å². The number of nitrogens with zero attached hydrogens (tertiary/aromatic N) is 3. The Labute approximate surface area is 321 Å². The van der Waals surface area contributed by atoms with Crippen LogP contribution in [-0.2, 0) is 16.0 Å². The van der Waals surface area contributed by atoms with E-state index in [-0.39, 0.29) is 48.2 Å². The van der Waals surface area contributed by atoms with E-state index < -0.39 is 29.7 Å². The Bertz CT molecular complexity index is 1460. The number of benzene rings is 2.